The van der Waals surface area contributed by atoms with Gasteiger partial charge < -0.3 is 15.2 Å². The molecule has 1 aromatic heterocycles. The Labute approximate surface area is 111 Å². The van der Waals surface area contributed by atoms with Crippen molar-refractivity contribution < 1.29 is 4.39 Å². The van der Waals surface area contributed by atoms with Gasteiger partial charge in [-0.1, -0.05) is 0 Å². The average Bonchev–Trinajstić information content (AvgIpc) is 3.10. The lowest BCUT2D eigenvalue weighted by Gasteiger charge is -2.19. The van der Waals surface area contributed by atoms with Gasteiger partial charge in [0.25, 0.3) is 0 Å². The number of rotatable bonds is 4. The highest BCUT2D eigenvalue weighted by Gasteiger charge is 2.16. The largest absolute Gasteiger partial charge is 0.379 e. The molecule has 1 aliphatic heterocycles. The lowest BCUT2D eigenvalue weighted by atomic mass is 10.2. The SMILES string of the molecule is Fc1cc(NCc2cnc[nH]2)ccc1N1CCCC1. The number of H-pyrrole nitrogens is 1. The monoisotopic (exact) mass is 260 g/mol. The fraction of sp³-hybridized carbons (Fsp3) is 0.357. The first kappa shape index (κ1) is 12.0. The summed E-state index contributed by atoms with van der Waals surface area (Å²) in [6.07, 6.45) is 5.69. The minimum absolute atomic E-state index is 0.156. The maximum atomic E-state index is 14.1. The van der Waals surface area contributed by atoms with E-state index in [0.29, 0.717) is 12.2 Å². The Morgan fingerprint density at radius 2 is 2.16 bits per heavy atom. The van der Waals surface area contributed by atoms with E-state index in [1.807, 2.05) is 12.1 Å². The summed E-state index contributed by atoms with van der Waals surface area (Å²) in [4.78, 5) is 9.05. The summed E-state index contributed by atoms with van der Waals surface area (Å²) in [5, 5.41) is 3.18. The van der Waals surface area contributed by atoms with E-state index in [2.05, 4.69) is 20.2 Å². The molecule has 4 nitrogen and oxygen atoms in total. The summed E-state index contributed by atoms with van der Waals surface area (Å²) in [6, 6.07) is 5.34. The van der Waals surface area contributed by atoms with Gasteiger partial charge >= 0.3 is 0 Å². The molecule has 1 fully saturated rings. The molecule has 0 unspecified atom stereocenters. The number of aromatic nitrogens is 2. The van der Waals surface area contributed by atoms with E-state index in [-0.39, 0.29) is 5.82 Å². The normalized spacial score (nSPS) is 14.9. The van der Waals surface area contributed by atoms with Crippen molar-refractivity contribution in [1.29, 1.82) is 0 Å². The molecule has 0 atom stereocenters. The molecule has 1 saturated heterocycles. The maximum Gasteiger partial charge on any atom is 0.148 e. The van der Waals surface area contributed by atoms with Crippen LogP contribution < -0.4 is 10.2 Å². The lowest BCUT2D eigenvalue weighted by molar-refractivity contribution is 0.623. The van der Waals surface area contributed by atoms with Crippen molar-refractivity contribution in [1.82, 2.24) is 9.97 Å². The number of halogens is 1. The summed E-state index contributed by atoms with van der Waals surface area (Å²) in [5.74, 6) is -0.156. The Balaban J connectivity index is 1.68. The Kier molecular flexibility index (Phi) is 3.35. The van der Waals surface area contributed by atoms with Crippen molar-refractivity contribution in [3.05, 3.63) is 42.2 Å². The number of nitrogens with one attached hydrogen (secondary N) is 2. The molecule has 0 bridgehead atoms. The van der Waals surface area contributed by atoms with E-state index in [0.717, 1.165) is 37.3 Å². The van der Waals surface area contributed by atoms with Crippen LogP contribution >= 0.6 is 0 Å². The smallest absolute Gasteiger partial charge is 0.148 e. The number of imidazole rings is 1. The van der Waals surface area contributed by atoms with E-state index in [9.17, 15) is 4.39 Å². The Bertz CT molecular complexity index is 532. The van der Waals surface area contributed by atoms with Crippen LogP contribution in [0.15, 0.2) is 30.7 Å². The van der Waals surface area contributed by atoms with Gasteiger partial charge in [-0.2, -0.15) is 0 Å². The Morgan fingerprint density at radius 3 is 2.84 bits per heavy atom. The van der Waals surface area contributed by atoms with Crippen LogP contribution in [0.3, 0.4) is 0 Å². The molecular formula is C14H17FN4. The summed E-state index contributed by atoms with van der Waals surface area (Å²) in [7, 11) is 0. The van der Waals surface area contributed by atoms with Crippen molar-refractivity contribution in [3.63, 3.8) is 0 Å². The third-order valence-electron chi connectivity index (χ3n) is 3.43. The molecule has 5 heteroatoms. The standard InChI is InChI=1S/C14H17FN4/c15-13-7-11(17-9-12-8-16-10-18-12)3-4-14(13)19-5-1-2-6-19/h3-4,7-8,10,17H,1-2,5-6,9H2,(H,16,18). The lowest BCUT2D eigenvalue weighted by Crippen LogP contribution is -2.18. The number of aromatic amines is 1. The summed E-state index contributed by atoms with van der Waals surface area (Å²) in [5.41, 5.74) is 2.48. The van der Waals surface area contributed by atoms with Crippen LogP contribution in [0.1, 0.15) is 18.5 Å². The first-order valence-corrected chi connectivity index (χ1v) is 6.58. The molecular weight excluding hydrogens is 243 g/mol. The second-order valence-corrected chi connectivity index (χ2v) is 4.79. The van der Waals surface area contributed by atoms with Crippen LogP contribution in [0, 0.1) is 5.82 Å². The van der Waals surface area contributed by atoms with Crippen LogP contribution in [0.5, 0.6) is 0 Å². The van der Waals surface area contributed by atoms with E-state index in [1.54, 1.807) is 18.6 Å². The highest BCUT2D eigenvalue weighted by atomic mass is 19.1. The summed E-state index contributed by atoms with van der Waals surface area (Å²) < 4.78 is 14.1. The first-order valence-electron chi connectivity index (χ1n) is 6.58. The molecule has 2 heterocycles. The molecule has 0 spiro atoms. The van der Waals surface area contributed by atoms with Crippen molar-refractivity contribution in [2.45, 2.75) is 19.4 Å². The molecule has 19 heavy (non-hydrogen) atoms. The van der Waals surface area contributed by atoms with E-state index in [1.165, 1.54) is 0 Å². The predicted molar refractivity (Wildman–Crippen MR) is 73.8 cm³/mol. The number of anilines is 2. The zero-order valence-electron chi connectivity index (χ0n) is 10.7. The second kappa shape index (κ2) is 5.30. The van der Waals surface area contributed by atoms with Crippen molar-refractivity contribution in [2.24, 2.45) is 0 Å². The number of benzene rings is 1. The molecule has 1 aliphatic rings. The van der Waals surface area contributed by atoms with Gasteiger partial charge in [0.1, 0.15) is 5.82 Å². The zero-order valence-corrected chi connectivity index (χ0v) is 10.7. The van der Waals surface area contributed by atoms with Gasteiger partial charge in [0.2, 0.25) is 0 Å². The van der Waals surface area contributed by atoms with Gasteiger partial charge in [-0.05, 0) is 31.0 Å². The minimum atomic E-state index is -0.156. The van der Waals surface area contributed by atoms with E-state index in [4.69, 9.17) is 0 Å². The Morgan fingerprint density at radius 1 is 1.32 bits per heavy atom. The number of nitrogens with zero attached hydrogens (tertiary/aromatic N) is 2. The molecule has 0 amide bonds. The van der Waals surface area contributed by atoms with Crippen LogP contribution in [0.2, 0.25) is 0 Å². The summed E-state index contributed by atoms with van der Waals surface area (Å²) >= 11 is 0. The fourth-order valence-electron chi connectivity index (χ4n) is 2.41. The fourth-order valence-corrected chi connectivity index (χ4v) is 2.41. The highest BCUT2D eigenvalue weighted by molar-refractivity contribution is 5.56. The van der Waals surface area contributed by atoms with Crippen molar-refractivity contribution >= 4 is 11.4 Å². The van der Waals surface area contributed by atoms with Gasteiger partial charge in [-0.15, -0.1) is 0 Å². The van der Waals surface area contributed by atoms with E-state index >= 15 is 0 Å². The van der Waals surface area contributed by atoms with Gasteiger partial charge in [-0.25, -0.2) is 9.37 Å². The molecule has 0 aliphatic carbocycles. The van der Waals surface area contributed by atoms with Gasteiger partial charge in [0.05, 0.1) is 24.3 Å². The van der Waals surface area contributed by atoms with Gasteiger partial charge in [0, 0.05) is 25.0 Å². The van der Waals surface area contributed by atoms with Crippen LogP contribution in [-0.2, 0) is 6.54 Å². The van der Waals surface area contributed by atoms with Gasteiger partial charge in [0.15, 0.2) is 0 Å². The average molecular weight is 260 g/mol. The molecule has 0 saturated carbocycles. The molecule has 100 valence electrons. The molecule has 2 aromatic rings. The van der Waals surface area contributed by atoms with E-state index < -0.39 is 0 Å². The third kappa shape index (κ3) is 2.70. The number of hydrogen-bond donors (Lipinski definition) is 2. The minimum Gasteiger partial charge on any atom is -0.379 e. The molecule has 2 N–H and O–H groups in total. The van der Waals surface area contributed by atoms with Crippen molar-refractivity contribution in [2.75, 3.05) is 23.3 Å². The number of hydrogen-bond acceptors (Lipinski definition) is 3. The van der Waals surface area contributed by atoms with Crippen molar-refractivity contribution in [3.8, 4) is 0 Å². The predicted octanol–water partition coefficient (Wildman–Crippen LogP) is 2.76. The second-order valence-electron chi connectivity index (χ2n) is 4.79. The van der Waals surface area contributed by atoms with Gasteiger partial charge in [-0.3, -0.25) is 0 Å². The zero-order chi connectivity index (χ0) is 13.1. The third-order valence-corrected chi connectivity index (χ3v) is 3.43. The van der Waals surface area contributed by atoms with Crippen LogP contribution in [0.4, 0.5) is 15.8 Å². The highest BCUT2D eigenvalue weighted by Crippen LogP contribution is 2.26. The molecule has 0 radical (unpaired) electrons. The molecule has 3 rings (SSSR count). The topological polar surface area (TPSA) is 44.0 Å². The first-order chi connectivity index (χ1) is 9.33. The van der Waals surface area contributed by atoms with Crippen LogP contribution in [-0.4, -0.2) is 23.1 Å². The Hall–Kier alpha value is -2.04. The summed E-state index contributed by atoms with van der Waals surface area (Å²) in [6.45, 7) is 2.53. The molecule has 1 aromatic carbocycles. The van der Waals surface area contributed by atoms with Crippen LogP contribution in [0.25, 0.3) is 0 Å². The maximum absolute atomic E-state index is 14.1. The quantitative estimate of drug-likeness (QED) is 0.888.